The summed E-state index contributed by atoms with van der Waals surface area (Å²) in [7, 11) is 3.27. The van der Waals surface area contributed by atoms with Gasteiger partial charge in [-0.05, 0) is 44.5 Å². The van der Waals surface area contributed by atoms with Gasteiger partial charge in [-0.15, -0.1) is 0 Å². The van der Waals surface area contributed by atoms with Gasteiger partial charge >= 0.3 is 5.69 Å². The first-order chi connectivity index (χ1) is 25.0. The summed E-state index contributed by atoms with van der Waals surface area (Å²) in [6, 6.07) is 5.39. The number of aryl methyl sites for hydroxylation is 2. The van der Waals surface area contributed by atoms with Crippen molar-refractivity contribution in [1.82, 2.24) is 43.5 Å². The number of hydrogen-bond donors (Lipinski definition) is 5. The Balaban J connectivity index is 1.13. The van der Waals surface area contributed by atoms with Gasteiger partial charge in [-0.25, -0.2) is 14.8 Å². The number of anilines is 2. The molecule has 1 unspecified atom stereocenters. The fourth-order valence-corrected chi connectivity index (χ4v) is 6.08. The molecule has 0 spiro atoms. The second kappa shape index (κ2) is 14.8. The van der Waals surface area contributed by atoms with Crippen LogP contribution in [0.25, 0.3) is 34.5 Å². The average Bonchev–Trinajstić information content (AvgIpc) is 3.79. The number of fused-ring (bicyclic) bond motifs is 2. The maximum absolute atomic E-state index is 13.0. The summed E-state index contributed by atoms with van der Waals surface area (Å²) < 4.78 is 23.0. The van der Waals surface area contributed by atoms with Crippen LogP contribution in [-0.2, 0) is 29.7 Å². The number of amides is 1. The standard InChI is InChI=1S/C33H41N11O8/c1-6-35-29(47)25-23(45)24(46)31(52-25)44-16-37-21-26(34)39-32(40-27(21)44)36-13-14-51-18-11-9-17(15-19(18)50-5)10-12-20-38-28-22(41(20)4)30(48)43(8-3)33(49)42(28)7-2/h9-12,15-16,23-25,31,45-46H,6-8,13-14H2,1-5H3,(H,35,47)(H3,34,36,39,40)/b12-10+/t23-,24+,25?,31+/m0/s1. The number of benzene rings is 1. The molecule has 0 aliphatic carbocycles. The van der Waals surface area contributed by atoms with Gasteiger partial charge in [0.05, 0.1) is 20.0 Å². The topological polar surface area (TPSA) is 241 Å². The van der Waals surface area contributed by atoms with Gasteiger partial charge in [-0.2, -0.15) is 9.97 Å². The number of aliphatic hydroxyl groups is 2. The monoisotopic (exact) mass is 719 g/mol. The molecule has 6 rings (SSSR count). The molecule has 1 fully saturated rings. The number of nitrogen functional groups attached to an aromatic ring is 1. The summed E-state index contributed by atoms with van der Waals surface area (Å²) in [5.41, 5.74) is 7.33. The number of aliphatic hydroxyl groups excluding tert-OH is 2. The first-order valence-electron chi connectivity index (χ1n) is 16.7. The molecule has 5 aromatic rings. The van der Waals surface area contributed by atoms with Gasteiger partial charge in [0.15, 0.2) is 46.5 Å². The van der Waals surface area contributed by atoms with Crippen LogP contribution in [0.3, 0.4) is 0 Å². The lowest BCUT2D eigenvalue weighted by molar-refractivity contribution is -0.137. The van der Waals surface area contributed by atoms with Crippen LogP contribution in [-0.4, -0.2) is 99.4 Å². The van der Waals surface area contributed by atoms with Gasteiger partial charge in [0.2, 0.25) is 5.95 Å². The molecule has 4 aromatic heterocycles. The van der Waals surface area contributed by atoms with Gasteiger partial charge in [-0.1, -0.05) is 12.1 Å². The van der Waals surface area contributed by atoms with Crippen LogP contribution in [0.4, 0.5) is 11.8 Å². The van der Waals surface area contributed by atoms with E-state index in [0.717, 1.165) is 5.56 Å². The third-order valence-electron chi connectivity index (χ3n) is 8.73. The van der Waals surface area contributed by atoms with E-state index in [2.05, 4.69) is 30.6 Å². The summed E-state index contributed by atoms with van der Waals surface area (Å²) in [6.45, 7) is 6.74. The summed E-state index contributed by atoms with van der Waals surface area (Å²) in [5.74, 6) is 1.15. The number of methoxy groups -OCH3 is 1. The molecule has 19 heteroatoms. The Labute approximate surface area is 296 Å². The maximum atomic E-state index is 13.0. The van der Waals surface area contributed by atoms with Crippen molar-refractivity contribution in [3.63, 3.8) is 0 Å². The van der Waals surface area contributed by atoms with E-state index >= 15 is 0 Å². The zero-order valence-electron chi connectivity index (χ0n) is 29.3. The molecule has 276 valence electrons. The number of carbonyl (C=O) groups excluding carboxylic acids is 1. The molecule has 1 aliphatic heterocycles. The molecule has 1 aromatic carbocycles. The van der Waals surface area contributed by atoms with E-state index in [1.165, 1.54) is 27.1 Å². The Kier molecular flexibility index (Phi) is 10.3. The first-order valence-corrected chi connectivity index (χ1v) is 16.7. The summed E-state index contributed by atoms with van der Waals surface area (Å²) >= 11 is 0. The molecule has 1 aliphatic rings. The minimum absolute atomic E-state index is 0.0715. The Hall–Kier alpha value is -5.79. The Morgan fingerprint density at radius 1 is 1.04 bits per heavy atom. The fourth-order valence-electron chi connectivity index (χ4n) is 6.08. The smallest absolute Gasteiger partial charge is 0.332 e. The van der Waals surface area contributed by atoms with E-state index < -0.39 is 30.4 Å². The van der Waals surface area contributed by atoms with E-state index in [1.807, 2.05) is 19.1 Å². The molecular formula is C33H41N11O8. The van der Waals surface area contributed by atoms with E-state index in [0.29, 0.717) is 41.6 Å². The van der Waals surface area contributed by atoms with Crippen LogP contribution in [0.15, 0.2) is 34.1 Å². The van der Waals surface area contributed by atoms with E-state index in [-0.39, 0.29) is 53.9 Å². The zero-order chi connectivity index (χ0) is 37.3. The van der Waals surface area contributed by atoms with Crippen LogP contribution in [0, 0.1) is 0 Å². The van der Waals surface area contributed by atoms with Crippen molar-refractivity contribution in [3.8, 4) is 11.5 Å². The lowest BCUT2D eigenvalue weighted by atomic mass is 10.1. The summed E-state index contributed by atoms with van der Waals surface area (Å²) in [6.07, 6.45) is -0.391. The maximum Gasteiger partial charge on any atom is 0.332 e. The van der Waals surface area contributed by atoms with Crippen molar-refractivity contribution in [1.29, 1.82) is 0 Å². The number of rotatable bonds is 13. The number of nitrogens with one attached hydrogen (secondary N) is 2. The van der Waals surface area contributed by atoms with Crippen LogP contribution < -0.4 is 37.1 Å². The highest BCUT2D eigenvalue weighted by atomic mass is 16.6. The van der Waals surface area contributed by atoms with Crippen molar-refractivity contribution in [2.75, 3.05) is 37.9 Å². The van der Waals surface area contributed by atoms with Crippen molar-refractivity contribution < 1.29 is 29.2 Å². The highest BCUT2D eigenvalue weighted by molar-refractivity contribution is 5.84. The second-order valence-electron chi connectivity index (χ2n) is 11.9. The van der Waals surface area contributed by atoms with Crippen molar-refractivity contribution in [3.05, 3.63) is 56.8 Å². The van der Waals surface area contributed by atoms with Crippen LogP contribution >= 0.6 is 0 Å². The summed E-state index contributed by atoms with van der Waals surface area (Å²) in [5, 5.41) is 26.8. The highest BCUT2D eigenvalue weighted by Gasteiger charge is 2.47. The third-order valence-corrected chi connectivity index (χ3v) is 8.73. The predicted molar refractivity (Wildman–Crippen MR) is 191 cm³/mol. The molecule has 52 heavy (non-hydrogen) atoms. The number of nitrogens with zero attached hydrogens (tertiary/aromatic N) is 8. The molecule has 19 nitrogen and oxygen atoms in total. The predicted octanol–water partition coefficient (Wildman–Crippen LogP) is 0.0836. The molecule has 5 heterocycles. The minimum atomic E-state index is -1.46. The molecule has 6 N–H and O–H groups in total. The minimum Gasteiger partial charge on any atom is -0.493 e. The lowest BCUT2D eigenvalue weighted by Gasteiger charge is -2.17. The van der Waals surface area contributed by atoms with E-state index in [4.69, 9.17) is 19.9 Å². The quantitative estimate of drug-likeness (QED) is 0.101. The van der Waals surface area contributed by atoms with Crippen LogP contribution in [0.5, 0.6) is 11.5 Å². The SMILES string of the molecule is CCNC(=O)C1O[C@@H](n2cnc3c(N)nc(NCCOc4ccc(/C=C/c5nc6c(c(=O)n(CC)c(=O)n6CC)n5C)cc4OC)nc32)[C@H](O)[C@@H]1O. The lowest BCUT2D eigenvalue weighted by Crippen LogP contribution is -2.42. The molecule has 4 atom stereocenters. The summed E-state index contributed by atoms with van der Waals surface area (Å²) in [4.78, 5) is 55.7. The number of carbonyl (C=O) groups is 1. The molecule has 0 saturated carbocycles. The number of ether oxygens (including phenoxy) is 3. The Bertz CT molecular complexity index is 2270. The average molecular weight is 720 g/mol. The van der Waals surface area contributed by atoms with E-state index in [9.17, 15) is 24.6 Å². The van der Waals surface area contributed by atoms with Gasteiger partial charge in [0, 0.05) is 26.7 Å². The largest absolute Gasteiger partial charge is 0.493 e. The molecule has 0 radical (unpaired) electrons. The fraction of sp³-hybridized carbons (Fsp3) is 0.424. The van der Waals surface area contributed by atoms with Crippen molar-refractivity contribution in [2.45, 2.75) is 58.4 Å². The Morgan fingerprint density at radius 3 is 2.52 bits per heavy atom. The van der Waals surface area contributed by atoms with Gasteiger partial charge < -0.3 is 45.4 Å². The van der Waals surface area contributed by atoms with E-state index in [1.54, 1.807) is 43.7 Å². The number of hydrogen-bond acceptors (Lipinski definition) is 14. The number of aromatic nitrogens is 8. The molecule has 1 saturated heterocycles. The number of likely N-dealkylation sites (N-methyl/N-ethyl adjacent to an activating group) is 1. The normalized spacial score (nSPS) is 18.8. The highest BCUT2D eigenvalue weighted by Crippen LogP contribution is 2.33. The van der Waals surface area contributed by atoms with Crippen molar-refractivity contribution in [2.24, 2.45) is 7.05 Å². The van der Waals surface area contributed by atoms with Crippen LogP contribution in [0.2, 0.25) is 0 Å². The zero-order valence-corrected chi connectivity index (χ0v) is 29.3. The number of imidazole rings is 2. The first kappa shape index (κ1) is 36.0. The third kappa shape index (κ3) is 6.44. The van der Waals surface area contributed by atoms with Gasteiger partial charge in [0.25, 0.3) is 11.5 Å². The van der Waals surface area contributed by atoms with Gasteiger partial charge in [0.1, 0.15) is 30.2 Å². The van der Waals surface area contributed by atoms with Gasteiger partial charge in [-0.3, -0.25) is 23.3 Å². The van der Waals surface area contributed by atoms with Crippen LogP contribution in [0.1, 0.15) is 38.4 Å². The number of nitrogens with two attached hydrogens (primary N) is 1. The Morgan fingerprint density at radius 2 is 1.81 bits per heavy atom. The molecular weight excluding hydrogens is 678 g/mol. The second-order valence-corrected chi connectivity index (χ2v) is 11.9. The molecule has 0 bridgehead atoms. The van der Waals surface area contributed by atoms with Crippen molar-refractivity contribution >= 4 is 52.2 Å². The molecule has 1 amide bonds.